The zero-order valence-electron chi connectivity index (χ0n) is 7.00. The van der Waals surface area contributed by atoms with Gasteiger partial charge in [-0.15, -0.1) is 12.4 Å². The number of nitrogens with two attached hydrogens (primary N) is 1. The Morgan fingerprint density at radius 3 is 2.27 bits per heavy atom. The highest BCUT2D eigenvalue weighted by molar-refractivity contribution is 5.85. The first-order valence-electron chi connectivity index (χ1n) is 3.53. The average molecular weight is 182 g/mol. The van der Waals surface area contributed by atoms with Crippen molar-refractivity contribution in [2.45, 2.75) is 24.5 Å². The second kappa shape index (κ2) is 4.26. The van der Waals surface area contributed by atoms with Gasteiger partial charge in [-0.05, 0) is 12.8 Å². The van der Waals surface area contributed by atoms with Gasteiger partial charge >= 0.3 is 0 Å². The molecule has 0 amide bonds. The molecule has 0 aliphatic heterocycles. The minimum Gasteiger partial charge on any atom is -0.382 e. The summed E-state index contributed by atoms with van der Waals surface area (Å²) < 4.78 is 10.1. The summed E-state index contributed by atoms with van der Waals surface area (Å²) in [5, 5.41) is 0. The van der Waals surface area contributed by atoms with Gasteiger partial charge in [-0.2, -0.15) is 0 Å². The van der Waals surface area contributed by atoms with E-state index < -0.39 is 0 Å². The van der Waals surface area contributed by atoms with Gasteiger partial charge in [-0.25, -0.2) is 0 Å². The fraction of sp³-hybridized carbons (Fsp3) is 1.00. The van der Waals surface area contributed by atoms with Gasteiger partial charge in [0.2, 0.25) is 0 Å². The van der Waals surface area contributed by atoms with Gasteiger partial charge in [0.1, 0.15) is 0 Å². The van der Waals surface area contributed by atoms with Crippen LogP contribution in [0.2, 0.25) is 0 Å². The second-order valence-corrected chi connectivity index (χ2v) is 2.91. The van der Waals surface area contributed by atoms with Gasteiger partial charge in [-0.1, -0.05) is 0 Å². The van der Waals surface area contributed by atoms with Crippen LogP contribution in [0.25, 0.3) is 0 Å². The minimum atomic E-state index is -0.0786. The van der Waals surface area contributed by atoms with Crippen LogP contribution in [-0.2, 0) is 9.47 Å². The van der Waals surface area contributed by atoms with Gasteiger partial charge in [0.15, 0.2) is 0 Å². The van der Waals surface area contributed by atoms with E-state index >= 15 is 0 Å². The lowest BCUT2D eigenvalue weighted by molar-refractivity contribution is 0.00677. The molecule has 3 nitrogen and oxygen atoms in total. The van der Waals surface area contributed by atoms with Crippen LogP contribution in [-0.4, -0.2) is 32.5 Å². The number of methoxy groups -OCH3 is 2. The predicted octanol–water partition coefficient (Wildman–Crippen LogP) is 0.561. The number of ether oxygens (including phenoxy) is 2. The maximum Gasteiger partial charge on any atom is 0.0983 e. The Hall–Kier alpha value is 0.170. The third-order valence-electron chi connectivity index (χ3n) is 2.07. The molecule has 68 valence electrons. The van der Waals surface area contributed by atoms with Crippen LogP contribution in [0.5, 0.6) is 0 Å². The summed E-state index contributed by atoms with van der Waals surface area (Å²) in [6, 6.07) is 0. The highest BCUT2D eigenvalue weighted by Crippen LogP contribution is 2.36. The highest BCUT2D eigenvalue weighted by atomic mass is 35.5. The number of hydrogen-bond acceptors (Lipinski definition) is 3. The fourth-order valence-electron chi connectivity index (χ4n) is 1.09. The number of hydrogen-bond donors (Lipinski definition) is 1. The van der Waals surface area contributed by atoms with Crippen LogP contribution in [0.3, 0.4) is 0 Å². The maximum absolute atomic E-state index is 5.88. The SMILES string of the molecule is COCC(OC)C1(N)CC1.Cl. The minimum absolute atomic E-state index is 0. The average Bonchev–Trinajstić information content (AvgIpc) is 2.64. The van der Waals surface area contributed by atoms with Crippen molar-refractivity contribution in [2.75, 3.05) is 20.8 Å². The van der Waals surface area contributed by atoms with Gasteiger partial charge in [0.25, 0.3) is 0 Å². The van der Waals surface area contributed by atoms with Crippen LogP contribution in [0.1, 0.15) is 12.8 Å². The Bertz CT molecular complexity index is 117. The van der Waals surface area contributed by atoms with Crippen LogP contribution in [0, 0.1) is 0 Å². The Balaban J connectivity index is 0.000001000. The third kappa shape index (κ3) is 2.60. The van der Waals surface area contributed by atoms with Crippen molar-refractivity contribution in [3.63, 3.8) is 0 Å². The second-order valence-electron chi connectivity index (χ2n) is 2.91. The van der Waals surface area contributed by atoms with E-state index in [1.807, 2.05) is 0 Å². The molecule has 0 saturated heterocycles. The van der Waals surface area contributed by atoms with Crippen molar-refractivity contribution in [1.82, 2.24) is 0 Å². The lowest BCUT2D eigenvalue weighted by Gasteiger charge is -2.20. The first-order valence-corrected chi connectivity index (χ1v) is 3.53. The molecular formula is C7H16ClNO2. The lowest BCUT2D eigenvalue weighted by atomic mass is 10.1. The molecule has 1 atom stereocenters. The van der Waals surface area contributed by atoms with Gasteiger partial charge < -0.3 is 15.2 Å². The molecule has 0 radical (unpaired) electrons. The summed E-state index contributed by atoms with van der Waals surface area (Å²) in [4.78, 5) is 0. The number of rotatable bonds is 4. The molecule has 0 aromatic carbocycles. The van der Waals surface area contributed by atoms with Crippen molar-refractivity contribution in [1.29, 1.82) is 0 Å². The van der Waals surface area contributed by atoms with Gasteiger partial charge in [-0.3, -0.25) is 0 Å². The standard InChI is InChI=1S/C7H15NO2.ClH/c1-9-5-6(10-2)7(8)3-4-7;/h6H,3-5,8H2,1-2H3;1H. The van der Waals surface area contributed by atoms with Gasteiger partial charge in [0, 0.05) is 19.8 Å². The predicted molar refractivity (Wildman–Crippen MR) is 46.1 cm³/mol. The van der Waals surface area contributed by atoms with Crippen molar-refractivity contribution in [3.8, 4) is 0 Å². The maximum atomic E-state index is 5.88. The van der Waals surface area contributed by atoms with Crippen LogP contribution >= 0.6 is 12.4 Å². The molecule has 2 N–H and O–H groups in total. The Morgan fingerprint density at radius 2 is 2.00 bits per heavy atom. The Kier molecular flexibility index (Phi) is 4.32. The van der Waals surface area contributed by atoms with E-state index in [-0.39, 0.29) is 24.0 Å². The zero-order valence-corrected chi connectivity index (χ0v) is 7.82. The van der Waals surface area contributed by atoms with Crippen LogP contribution in [0.4, 0.5) is 0 Å². The van der Waals surface area contributed by atoms with Crippen molar-refractivity contribution in [2.24, 2.45) is 5.73 Å². The molecule has 1 rings (SSSR count). The summed E-state index contributed by atoms with van der Waals surface area (Å²) in [6.07, 6.45) is 2.21. The van der Waals surface area contributed by atoms with Crippen LogP contribution in [0.15, 0.2) is 0 Å². The molecule has 0 aromatic heterocycles. The molecule has 1 fully saturated rings. The van der Waals surface area contributed by atoms with Crippen molar-refractivity contribution < 1.29 is 9.47 Å². The van der Waals surface area contributed by atoms with E-state index in [1.165, 1.54) is 0 Å². The monoisotopic (exact) mass is 181 g/mol. The van der Waals surface area contributed by atoms with E-state index in [2.05, 4.69) is 0 Å². The summed E-state index contributed by atoms with van der Waals surface area (Å²) in [6.45, 7) is 0.604. The molecule has 0 spiro atoms. The quantitative estimate of drug-likeness (QED) is 0.690. The largest absolute Gasteiger partial charge is 0.382 e. The molecule has 1 saturated carbocycles. The van der Waals surface area contributed by atoms with Crippen LogP contribution < -0.4 is 5.73 Å². The molecule has 0 heterocycles. The molecule has 0 bridgehead atoms. The fourth-order valence-corrected chi connectivity index (χ4v) is 1.09. The molecule has 0 aromatic rings. The van der Waals surface area contributed by atoms with E-state index in [1.54, 1.807) is 14.2 Å². The van der Waals surface area contributed by atoms with Crippen molar-refractivity contribution >= 4 is 12.4 Å². The topological polar surface area (TPSA) is 44.5 Å². The molecule has 11 heavy (non-hydrogen) atoms. The van der Waals surface area contributed by atoms with Crippen molar-refractivity contribution in [3.05, 3.63) is 0 Å². The molecular weight excluding hydrogens is 166 g/mol. The van der Waals surface area contributed by atoms with E-state index in [0.717, 1.165) is 12.8 Å². The summed E-state index contributed by atoms with van der Waals surface area (Å²) in [7, 11) is 3.34. The van der Waals surface area contributed by atoms with Gasteiger partial charge in [0.05, 0.1) is 12.7 Å². The molecule has 1 unspecified atom stereocenters. The third-order valence-corrected chi connectivity index (χ3v) is 2.07. The zero-order chi connectivity index (χ0) is 7.61. The lowest BCUT2D eigenvalue weighted by Crippen LogP contribution is -2.41. The first kappa shape index (κ1) is 11.2. The Labute approximate surface area is 73.6 Å². The Morgan fingerprint density at radius 1 is 1.45 bits per heavy atom. The molecule has 1 aliphatic rings. The smallest absolute Gasteiger partial charge is 0.0983 e. The summed E-state index contributed by atoms with van der Waals surface area (Å²) in [5.41, 5.74) is 5.80. The summed E-state index contributed by atoms with van der Waals surface area (Å²) in [5.74, 6) is 0. The summed E-state index contributed by atoms with van der Waals surface area (Å²) >= 11 is 0. The molecule has 4 heteroatoms. The highest BCUT2D eigenvalue weighted by Gasteiger charge is 2.46. The molecule has 1 aliphatic carbocycles. The normalized spacial score (nSPS) is 22.1. The van der Waals surface area contributed by atoms with E-state index in [9.17, 15) is 0 Å². The van der Waals surface area contributed by atoms with E-state index in [0.29, 0.717) is 6.61 Å². The number of halogens is 1. The first-order chi connectivity index (χ1) is 4.73. The van der Waals surface area contributed by atoms with E-state index in [4.69, 9.17) is 15.2 Å².